The lowest BCUT2D eigenvalue weighted by atomic mass is 10.0. The zero-order valence-corrected chi connectivity index (χ0v) is 41.1. The highest BCUT2D eigenvalue weighted by atomic mass is 16.6. The van der Waals surface area contributed by atoms with Crippen LogP contribution in [-0.2, 0) is 28.6 Å². The van der Waals surface area contributed by atoms with Gasteiger partial charge in [0.1, 0.15) is 13.2 Å². The fourth-order valence-electron chi connectivity index (χ4n) is 8.17. The Kier molecular flexibility index (Phi) is 45.7. The van der Waals surface area contributed by atoms with Gasteiger partial charge in [0, 0.05) is 19.3 Å². The van der Waals surface area contributed by atoms with Crippen LogP contribution in [0.15, 0.2) is 0 Å². The van der Waals surface area contributed by atoms with E-state index in [1.165, 1.54) is 186 Å². The van der Waals surface area contributed by atoms with Crippen molar-refractivity contribution in [3.8, 4) is 0 Å². The van der Waals surface area contributed by atoms with Gasteiger partial charge in [-0.1, -0.05) is 259 Å². The molecule has 0 amide bonds. The number of carbonyl (C=O) groups is 3. The van der Waals surface area contributed by atoms with E-state index in [4.69, 9.17) is 14.2 Å². The van der Waals surface area contributed by atoms with Crippen LogP contribution in [0.1, 0.15) is 298 Å². The lowest BCUT2D eigenvalue weighted by Gasteiger charge is -2.18. The second kappa shape index (κ2) is 46.9. The van der Waals surface area contributed by atoms with Gasteiger partial charge in [0.25, 0.3) is 0 Å². The first kappa shape index (κ1) is 58.4. The highest BCUT2D eigenvalue weighted by Gasteiger charge is 2.19. The zero-order valence-electron chi connectivity index (χ0n) is 41.1. The molecule has 0 rings (SSSR count). The summed E-state index contributed by atoms with van der Waals surface area (Å²) in [6.45, 7) is 11.4. The van der Waals surface area contributed by atoms with Gasteiger partial charge in [0.15, 0.2) is 6.10 Å². The minimum atomic E-state index is -0.761. The quantitative estimate of drug-likeness (QED) is 0.0345. The predicted octanol–water partition coefficient (Wildman–Crippen LogP) is 17.3. The third kappa shape index (κ3) is 47.5. The molecule has 0 aromatic carbocycles. The number of carbonyl (C=O) groups excluding carboxylic acids is 3. The molecule has 1 atom stereocenters. The molecular formula is C54H104O6. The molecule has 356 valence electrons. The molecule has 0 unspecified atom stereocenters. The van der Waals surface area contributed by atoms with Gasteiger partial charge < -0.3 is 14.2 Å². The minimum Gasteiger partial charge on any atom is -0.462 e. The summed E-state index contributed by atoms with van der Waals surface area (Å²) in [7, 11) is 0. The van der Waals surface area contributed by atoms with Crippen molar-refractivity contribution in [3.63, 3.8) is 0 Å². The van der Waals surface area contributed by atoms with Gasteiger partial charge in [-0.25, -0.2) is 0 Å². The highest BCUT2D eigenvalue weighted by molar-refractivity contribution is 5.71. The summed E-state index contributed by atoms with van der Waals surface area (Å²) in [5.74, 6) is 0.834. The van der Waals surface area contributed by atoms with Crippen LogP contribution in [0, 0.1) is 11.8 Å². The van der Waals surface area contributed by atoms with Crippen LogP contribution in [0.4, 0.5) is 0 Å². The smallest absolute Gasteiger partial charge is 0.306 e. The van der Waals surface area contributed by atoms with Crippen LogP contribution in [0.5, 0.6) is 0 Å². The van der Waals surface area contributed by atoms with Crippen molar-refractivity contribution in [2.24, 2.45) is 11.8 Å². The monoisotopic (exact) mass is 849 g/mol. The van der Waals surface area contributed by atoms with Gasteiger partial charge in [-0.15, -0.1) is 0 Å². The number of rotatable bonds is 48. The lowest BCUT2D eigenvalue weighted by Crippen LogP contribution is -2.30. The van der Waals surface area contributed by atoms with Crippen molar-refractivity contribution < 1.29 is 28.6 Å². The van der Waals surface area contributed by atoms with Crippen LogP contribution >= 0.6 is 0 Å². The molecule has 0 saturated heterocycles. The molecule has 0 aliphatic heterocycles. The van der Waals surface area contributed by atoms with E-state index in [2.05, 4.69) is 34.6 Å². The van der Waals surface area contributed by atoms with E-state index in [9.17, 15) is 14.4 Å². The van der Waals surface area contributed by atoms with Crippen LogP contribution in [-0.4, -0.2) is 37.2 Å². The summed E-state index contributed by atoms with van der Waals surface area (Å²) in [6, 6.07) is 0. The molecule has 0 bridgehead atoms. The molecular weight excluding hydrogens is 745 g/mol. The van der Waals surface area contributed by atoms with Crippen molar-refractivity contribution in [3.05, 3.63) is 0 Å². The van der Waals surface area contributed by atoms with E-state index in [1.54, 1.807) is 0 Å². The number of unbranched alkanes of at least 4 members (excludes halogenated alkanes) is 33. The molecule has 0 radical (unpaired) electrons. The first-order chi connectivity index (χ1) is 29.2. The third-order valence-corrected chi connectivity index (χ3v) is 12.2. The Balaban J connectivity index is 4.25. The standard InChI is InChI=1S/C54H104O6/c1-6-7-8-9-10-22-29-34-39-44-52(55)58-47-51(48-59-53(56)45-40-35-30-25-20-17-16-19-24-28-33-38-43-50(4)5)60-54(57)46-41-36-31-26-21-15-13-11-12-14-18-23-27-32-37-42-49(2)3/h49-51H,6-48H2,1-5H3/t51-/m0/s1. The normalized spacial score (nSPS) is 12.1. The molecule has 0 saturated carbocycles. The van der Waals surface area contributed by atoms with Gasteiger partial charge in [-0.05, 0) is 31.1 Å². The first-order valence-corrected chi connectivity index (χ1v) is 26.7. The number of ether oxygens (including phenoxy) is 3. The largest absolute Gasteiger partial charge is 0.462 e. The Labute approximate surface area is 374 Å². The predicted molar refractivity (Wildman–Crippen MR) is 256 cm³/mol. The summed E-state index contributed by atoms with van der Waals surface area (Å²) >= 11 is 0. The molecule has 0 spiro atoms. The fraction of sp³-hybridized carbons (Fsp3) is 0.944. The maximum atomic E-state index is 12.8. The number of hydrogen-bond donors (Lipinski definition) is 0. The molecule has 0 aliphatic carbocycles. The highest BCUT2D eigenvalue weighted by Crippen LogP contribution is 2.18. The van der Waals surface area contributed by atoms with Crippen LogP contribution < -0.4 is 0 Å². The van der Waals surface area contributed by atoms with E-state index in [-0.39, 0.29) is 31.1 Å². The van der Waals surface area contributed by atoms with Crippen molar-refractivity contribution in [1.82, 2.24) is 0 Å². The average Bonchev–Trinajstić information content (AvgIpc) is 3.22. The first-order valence-electron chi connectivity index (χ1n) is 26.7. The van der Waals surface area contributed by atoms with E-state index in [0.29, 0.717) is 19.3 Å². The fourth-order valence-corrected chi connectivity index (χ4v) is 8.17. The molecule has 0 fully saturated rings. The van der Waals surface area contributed by atoms with Gasteiger partial charge >= 0.3 is 17.9 Å². The van der Waals surface area contributed by atoms with Crippen LogP contribution in [0.2, 0.25) is 0 Å². The Morgan fingerprint density at radius 3 is 0.817 bits per heavy atom. The summed E-state index contributed by atoms with van der Waals surface area (Å²) in [5.41, 5.74) is 0. The zero-order chi connectivity index (χ0) is 44.0. The Hall–Kier alpha value is -1.59. The Morgan fingerprint density at radius 1 is 0.317 bits per heavy atom. The lowest BCUT2D eigenvalue weighted by molar-refractivity contribution is -0.167. The number of hydrogen-bond acceptors (Lipinski definition) is 6. The van der Waals surface area contributed by atoms with Crippen molar-refractivity contribution in [1.29, 1.82) is 0 Å². The average molecular weight is 849 g/mol. The van der Waals surface area contributed by atoms with E-state index in [1.807, 2.05) is 0 Å². The molecule has 0 heterocycles. The molecule has 60 heavy (non-hydrogen) atoms. The summed E-state index contributed by atoms with van der Waals surface area (Å²) in [5, 5.41) is 0. The summed E-state index contributed by atoms with van der Waals surface area (Å²) in [4.78, 5) is 37.9. The Bertz CT molecular complexity index is 916. The molecule has 0 aromatic rings. The van der Waals surface area contributed by atoms with Gasteiger partial charge in [-0.2, -0.15) is 0 Å². The Morgan fingerprint density at radius 2 is 0.550 bits per heavy atom. The minimum absolute atomic E-state index is 0.0634. The van der Waals surface area contributed by atoms with Crippen molar-refractivity contribution in [2.45, 2.75) is 304 Å². The maximum absolute atomic E-state index is 12.8. The van der Waals surface area contributed by atoms with E-state index >= 15 is 0 Å². The van der Waals surface area contributed by atoms with Crippen molar-refractivity contribution in [2.75, 3.05) is 13.2 Å². The van der Waals surface area contributed by atoms with E-state index in [0.717, 1.165) is 69.6 Å². The maximum Gasteiger partial charge on any atom is 0.306 e. The second-order valence-corrected chi connectivity index (χ2v) is 19.5. The van der Waals surface area contributed by atoms with Gasteiger partial charge in [0.2, 0.25) is 0 Å². The number of esters is 3. The van der Waals surface area contributed by atoms with Crippen molar-refractivity contribution >= 4 is 17.9 Å². The SMILES string of the molecule is CCCCCCCCCCCC(=O)OC[C@@H](COC(=O)CCCCCCCCCCCCCCC(C)C)OC(=O)CCCCCCCCCCCCCCCCCC(C)C. The molecule has 6 nitrogen and oxygen atoms in total. The van der Waals surface area contributed by atoms with E-state index < -0.39 is 6.10 Å². The van der Waals surface area contributed by atoms with Gasteiger partial charge in [0.05, 0.1) is 0 Å². The second-order valence-electron chi connectivity index (χ2n) is 19.5. The molecule has 0 N–H and O–H groups in total. The van der Waals surface area contributed by atoms with Crippen LogP contribution in [0.3, 0.4) is 0 Å². The molecule has 0 aliphatic rings. The van der Waals surface area contributed by atoms with Gasteiger partial charge in [-0.3, -0.25) is 14.4 Å². The summed E-state index contributed by atoms with van der Waals surface area (Å²) in [6.07, 6.45) is 48.1. The molecule has 6 heteroatoms. The third-order valence-electron chi connectivity index (χ3n) is 12.2. The topological polar surface area (TPSA) is 78.9 Å². The van der Waals surface area contributed by atoms with Crippen LogP contribution in [0.25, 0.3) is 0 Å². The summed E-state index contributed by atoms with van der Waals surface area (Å²) < 4.78 is 16.8. The molecule has 0 aromatic heterocycles.